The highest BCUT2D eigenvalue weighted by molar-refractivity contribution is 5.98. The van der Waals surface area contributed by atoms with Gasteiger partial charge in [-0.2, -0.15) is 0 Å². The Balaban J connectivity index is 1.67. The van der Waals surface area contributed by atoms with Crippen molar-refractivity contribution < 1.29 is 14.3 Å². The lowest BCUT2D eigenvalue weighted by Gasteiger charge is -2.15. The molecule has 0 spiro atoms. The number of hydrazone groups is 1. The number of hydrogen-bond acceptors (Lipinski definition) is 3. The lowest BCUT2D eigenvalue weighted by molar-refractivity contribution is -0.596. The summed E-state index contributed by atoms with van der Waals surface area (Å²) in [4.78, 5) is 27.7. The van der Waals surface area contributed by atoms with Gasteiger partial charge in [-0.05, 0) is 36.4 Å². The average Bonchev–Trinajstić information content (AvgIpc) is 3.09. The van der Waals surface area contributed by atoms with Gasteiger partial charge in [0.1, 0.15) is 0 Å². The van der Waals surface area contributed by atoms with Gasteiger partial charge in [0.2, 0.25) is 12.3 Å². The van der Waals surface area contributed by atoms with E-state index in [1.807, 2.05) is 85.9 Å². The molecule has 1 heterocycles. The van der Waals surface area contributed by atoms with Crippen LogP contribution in [0.5, 0.6) is 0 Å². The van der Waals surface area contributed by atoms with E-state index in [2.05, 4.69) is 10.7 Å². The lowest BCUT2D eigenvalue weighted by Crippen LogP contribution is -2.42. The van der Waals surface area contributed by atoms with E-state index in [4.69, 9.17) is 0 Å². The Morgan fingerprint density at radius 3 is 2.16 bits per heavy atom. The van der Waals surface area contributed by atoms with Crippen molar-refractivity contribution in [3.05, 3.63) is 102 Å². The van der Waals surface area contributed by atoms with Gasteiger partial charge in [-0.25, -0.2) is 0 Å². The van der Waals surface area contributed by atoms with Gasteiger partial charge in [-0.1, -0.05) is 48.5 Å². The molecule has 0 aliphatic carbocycles. The van der Waals surface area contributed by atoms with Crippen molar-refractivity contribution in [1.82, 2.24) is 10.7 Å². The van der Waals surface area contributed by atoms with Gasteiger partial charge in [-0.15, -0.1) is 10.1 Å². The van der Waals surface area contributed by atoms with E-state index in [0.717, 1.165) is 16.8 Å². The number of carbonyl (C=O) groups excluding carboxylic acids is 2. The van der Waals surface area contributed by atoms with E-state index in [0.29, 0.717) is 5.56 Å². The highest BCUT2D eigenvalue weighted by atomic mass is 16.2. The van der Waals surface area contributed by atoms with Crippen molar-refractivity contribution in [2.24, 2.45) is 0 Å². The van der Waals surface area contributed by atoms with Crippen LogP contribution in [0, 0.1) is 0 Å². The smallest absolute Gasteiger partial charge is 0.304 e. The molecule has 1 aliphatic heterocycles. The number of nitrogens with one attached hydrogen (secondary N) is 2. The zero-order valence-electron chi connectivity index (χ0n) is 17.5. The van der Waals surface area contributed by atoms with Crippen LogP contribution in [0.1, 0.15) is 27.5 Å². The Hall–Kier alpha value is -3.93. The first-order valence-electron chi connectivity index (χ1n) is 10.1. The van der Waals surface area contributed by atoms with E-state index in [1.165, 1.54) is 0 Å². The minimum Gasteiger partial charge on any atom is -0.378 e. The number of hydrazine groups is 1. The summed E-state index contributed by atoms with van der Waals surface area (Å²) in [6.07, 6.45) is 1.89. The minimum atomic E-state index is -0.729. The van der Waals surface area contributed by atoms with E-state index in [-0.39, 0.29) is 17.9 Å². The van der Waals surface area contributed by atoms with Crippen LogP contribution in [0.3, 0.4) is 0 Å². The van der Waals surface area contributed by atoms with Gasteiger partial charge in [0, 0.05) is 36.5 Å². The highest BCUT2D eigenvalue weighted by Gasteiger charge is 2.47. The first-order chi connectivity index (χ1) is 15.0. The lowest BCUT2D eigenvalue weighted by atomic mass is 10.00. The summed E-state index contributed by atoms with van der Waals surface area (Å²) in [6.45, 7) is 0. The molecule has 0 bridgehead atoms. The number of benzene rings is 3. The van der Waals surface area contributed by atoms with Crippen LogP contribution in [0.2, 0.25) is 0 Å². The fourth-order valence-corrected chi connectivity index (χ4v) is 3.66. The predicted molar refractivity (Wildman–Crippen MR) is 121 cm³/mol. The molecule has 2 atom stereocenters. The van der Waals surface area contributed by atoms with Crippen molar-refractivity contribution in [2.75, 3.05) is 19.0 Å². The summed E-state index contributed by atoms with van der Waals surface area (Å²) >= 11 is 0. The molecule has 6 heteroatoms. The molecule has 3 aromatic carbocycles. The molecular formula is C25H25N4O2+. The monoisotopic (exact) mass is 413 g/mol. The Bertz CT molecular complexity index is 1090. The second-order valence-electron chi connectivity index (χ2n) is 7.67. The first-order valence-corrected chi connectivity index (χ1v) is 10.1. The van der Waals surface area contributed by atoms with E-state index >= 15 is 0 Å². The Labute approximate surface area is 181 Å². The second-order valence-corrected chi connectivity index (χ2v) is 7.67. The number of amides is 2. The normalized spacial score (nSPS) is 19.2. The molecule has 0 saturated carbocycles. The second kappa shape index (κ2) is 8.83. The summed E-state index contributed by atoms with van der Waals surface area (Å²) in [5, 5.41) is 2.91. The van der Waals surface area contributed by atoms with Crippen molar-refractivity contribution in [3.8, 4) is 0 Å². The Kier molecular flexibility index (Phi) is 5.80. The van der Waals surface area contributed by atoms with E-state index in [1.54, 1.807) is 28.9 Å². The molecule has 1 aliphatic rings. The molecule has 0 radical (unpaired) electrons. The first kappa shape index (κ1) is 20.3. The van der Waals surface area contributed by atoms with Gasteiger partial charge in [0.15, 0.2) is 6.04 Å². The van der Waals surface area contributed by atoms with Crippen molar-refractivity contribution >= 4 is 23.7 Å². The third kappa shape index (κ3) is 4.48. The number of carbonyl (C=O) groups is 2. The topological polar surface area (TPSA) is 64.5 Å². The van der Waals surface area contributed by atoms with Crippen LogP contribution >= 0.6 is 0 Å². The number of nitrogens with zero attached hydrogens (tertiary/aromatic N) is 2. The van der Waals surface area contributed by atoms with Crippen LogP contribution in [0.25, 0.3) is 0 Å². The van der Waals surface area contributed by atoms with E-state index in [9.17, 15) is 9.59 Å². The largest absolute Gasteiger partial charge is 0.378 e. The molecule has 31 heavy (non-hydrogen) atoms. The summed E-state index contributed by atoms with van der Waals surface area (Å²) in [5.74, 6) is -0.529. The molecule has 2 amide bonds. The summed E-state index contributed by atoms with van der Waals surface area (Å²) < 4.78 is 1.78. The number of rotatable bonds is 5. The SMILES string of the molecule is CN(C)c1ccc(/C=[N+]2\NC(=O)[C@H](NC(=O)c3ccccc3)[C@@H]2c2ccccc2)cc1. The molecule has 1 saturated heterocycles. The minimum absolute atomic E-state index is 0.251. The maximum absolute atomic E-state index is 12.9. The van der Waals surface area contributed by atoms with Crippen LogP contribution in [-0.2, 0) is 4.79 Å². The van der Waals surface area contributed by atoms with Gasteiger partial charge in [0.05, 0.1) is 0 Å². The molecule has 3 aromatic rings. The van der Waals surface area contributed by atoms with Crippen molar-refractivity contribution in [1.29, 1.82) is 0 Å². The molecular weight excluding hydrogens is 388 g/mol. The van der Waals surface area contributed by atoms with Crippen molar-refractivity contribution in [3.63, 3.8) is 0 Å². The average molecular weight is 414 g/mol. The quantitative estimate of drug-likeness (QED) is 0.633. The summed E-state index contributed by atoms with van der Waals surface area (Å²) in [5.41, 5.74) is 6.40. The maximum Gasteiger partial charge on any atom is 0.304 e. The fraction of sp³-hybridized carbons (Fsp3) is 0.160. The molecule has 0 aromatic heterocycles. The van der Waals surface area contributed by atoms with Crippen LogP contribution in [0.4, 0.5) is 5.69 Å². The van der Waals surface area contributed by atoms with Crippen LogP contribution in [0.15, 0.2) is 84.9 Å². The Morgan fingerprint density at radius 2 is 1.55 bits per heavy atom. The Morgan fingerprint density at radius 1 is 0.935 bits per heavy atom. The molecule has 6 nitrogen and oxygen atoms in total. The number of hydrogen-bond donors (Lipinski definition) is 2. The van der Waals surface area contributed by atoms with Gasteiger partial charge in [-0.3, -0.25) is 9.59 Å². The molecule has 156 valence electrons. The molecule has 2 N–H and O–H groups in total. The maximum atomic E-state index is 12.9. The van der Waals surface area contributed by atoms with E-state index < -0.39 is 6.04 Å². The standard InChI is InChI=1S/C25H24N4O2/c1-28(2)21-15-13-18(14-16-21)17-29-23(19-9-5-3-6-10-19)22(25(31)27-29)26-24(30)20-11-7-4-8-12-20/h3-17,22-23H,1-2H3,(H-,26,27,30,31)/p+1/t22-,23+/m1/s1. The third-order valence-corrected chi connectivity index (χ3v) is 5.30. The third-order valence-electron chi connectivity index (χ3n) is 5.30. The van der Waals surface area contributed by atoms with Gasteiger partial charge in [0.25, 0.3) is 5.91 Å². The summed E-state index contributed by atoms with van der Waals surface area (Å²) in [6, 6.07) is 25.6. The molecule has 0 unspecified atom stereocenters. The highest BCUT2D eigenvalue weighted by Crippen LogP contribution is 2.25. The molecule has 4 rings (SSSR count). The van der Waals surface area contributed by atoms with Gasteiger partial charge >= 0.3 is 5.91 Å². The molecule has 1 fully saturated rings. The van der Waals surface area contributed by atoms with Crippen LogP contribution < -0.4 is 15.6 Å². The zero-order chi connectivity index (χ0) is 21.8. The zero-order valence-corrected chi connectivity index (χ0v) is 17.5. The fourth-order valence-electron chi connectivity index (χ4n) is 3.66. The van der Waals surface area contributed by atoms with Crippen LogP contribution in [-0.4, -0.2) is 42.9 Å². The predicted octanol–water partition coefficient (Wildman–Crippen LogP) is 2.77. The van der Waals surface area contributed by atoms with Gasteiger partial charge < -0.3 is 10.2 Å². The summed E-state index contributed by atoms with van der Waals surface area (Å²) in [7, 11) is 3.98. The number of anilines is 1. The van der Waals surface area contributed by atoms with Crippen molar-refractivity contribution in [2.45, 2.75) is 12.1 Å².